The van der Waals surface area contributed by atoms with Crippen molar-refractivity contribution >= 4 is 11.6 Å². The standard InChI is InChI=1S/C24H40N4O2/c1-24(2,3)22-18(9-8-14-30-22)16-26-23(25-4)27-19-10-7-13-28(17-19)20-11-6-12-21(15-20)29-5/h6,11-12,15,18-19,22H,7-10,13-14,16-17H2,1-5H3,(H2,25,26,27). The maximum absolute atomic E-state index is 6.14. The number of nitrogens with one attached hydrogen (secondary N) is 2. The highest BCUT2D eigenvalue weighted by molar-refractivity contribution is 5.80. The van der Waals surface area contributed by atoms with Crippen LogP contribution in [0.1, 0.15) is 46.5 Å². The van der Waals surface area contributed by atoms with E-state index >= 15 is 0 Å². The third-order valence-corrected chi connectivity index (χ3v) is 6.23. The first-order valence-corrected chi connectivity index (χ1v) is 11.4. The fourth-order valence-electron chi connectivity index (χ4n) is 4.76. The van der Waals surface area contributed by atoms with Gasteiger partial charge in [-0.15, -0.1) is 0 Å². The Kier molecular flexibility index (Phi) is 7.87. The summed E-state index contributed by atoms with van der Waals surface area (Å²) in [6.45, 7) is 10.6. The second kappa shape index (κ2) is 10.4. The molecule has 0 radical (unpaired) electrons. The molecule has 3 rings (SSSR count). The van der Waals surface area contributed by atoms with Crippen LogP contribution in [0, 0.1) is 11.3 Å². The highest BCUT2D eigenvalue weighted by Gasteiger charge is 2.35. The topological polar surface area (TPSA) is 58.1 Å². The van der Waals surface area contributed by atoms with Crippen LogP contribution in [0.2, 0.25) is 0 Å². The summed E-state index contributed by atoms with van der Waals surface area (Å²) < 4.78 is 11.5. The van der Waals surface area contributed by atoms with Crippen LogP contribution >= 0.6 is 0 Å². The summed E-state index contributed by atoms with van der Waals surface area (Å²) in [4.78, 5) is 6.93. The van der Waals surface area contributed by atoms with Gasteiger partial charge in [-0.2, -0.15) is 0 Å². The molecule has 0 saturated carbocycles. The number of methoxy groups -OCH3 is 1. The lowest BCUT2D eigenvalue weighted by Crippen LogP contribution is -2.53. The molecule has 0 spiro atoms. The van der Waals surface area contributed by atoms with Crippen LogP contribution in [-0.2, 0) is 4.74 Å². The minimum Gasteiger partial charge on any atom is -0.497 e. The molecule has 1 aromatic carbocycles. The Labute approximate surface area is 182 Å². The molecule has 2 saturated heterocycles. The monoisotopic (exact) mass is 416 g/mol. The van der Waals surface area contributed by atoms with Crippen molar-refractivity contribution in [2.45, 2.75) is 58.6 Å². The van der Waals surface area contributed by atoms with E-state index in [4.69, 9.17) is 9.47 Å². The normalized spacial score (nSPS) is 25.7. The van der Waals surface area contributed by atoms with Crippen molar-refractivity contribution in [1.29, 1.82) is 0 Å². The van der Waals surface area contributed by atoms with Crippen LogP contribution in [0.15, 0.2) is 29.3 Å². The molecule has 6 nitrogen and oxygen atoms in total. The average Bonchev–Trinajstić information content (AvgIpc) is 2.76. The van der Waals surface area contributed by atoms with E-state index in [2.05, 4.69) is 59.5 Å². The minimum atomic E-state index is 0.157. The lowest BCUT2D eigenvalue weighted by molar-refractivity contribution is -0.0835. The Balaban J connectivity index is 1.55. The third-order valence-electron chi connectivity index (χ3n) is 6.23. The molecule has 0 aliphatic carbocycles. The van der Waals surface area contributed by atoms with Gasteiger partial charge in [0.25, 0.3) is 0 Å². The Bertz CT molecular complexity index is 701. The van der Waals surface area contributed by atoms with E-state index in [0.29, 0.717) is 12.0 Å². The largest absolute Gasteiger partial charge is 0.497 e. The van der Waals surface area contributed by atoms with Gasteiger partial charge >= 0.3 is 0 Å². The summed E-state index contributed by atoms with van der Waals surface area (Å²) in [6, 6.07) is 8.70. The zero-order valence-electron chi connectivity index (χ0n) is 19.4. The number of guanidine groups is 1. The van der Waals surface area contributed by atoms with Crippen LogP contribution in [-0.4, -0.2) is 58.5 Å². The van der Waals surface area contributed by atoms with Crippen molar-refractivity contribution in [2.75, 3.05) is 45.3 Å². The molecule has 168 valence electrons. The van der Waals surface area contributed by atoms with Crippen LogP contribution in [0.25, 0.3) is 0 Å². The zero-order chi connectivity index (χ0) is 21.6. The summed E-state index contributed by atoms with van der Waals surface area (Å²) in [5, 5.41) is 7.23. The van der Waals surface area contributed by atoms with Gasteiger partial charge in [-0.1, -0.05) is 26.8 Å². The Morgan fingerprint density at radius 1 is 1.27 bits per heavy atom. The molecular weight excluding hydrogens is 376 g/mol. The Morgan fingerprint density at radius 3 is 2.83 bits per heavy atom. The molecule has 2 heterocycles. The zero-order valence-corrected chi connectivity index (χ0v) is 19.4. The van der Waals surface area contributed by atoms with E-state index in [-0.39, 0.29) is 11.5 Å². The Morgan fingerprint density at radius 2 is 2.10 bits per heavy atom. The van der Waals surface area contributed by atoms with Gasteiger partial charge in [-0.25, -0.2) is 0 Å². The summed E-state index contributed by atoms with van der Waals surface area (Å²) in [5.41, 5.74) is 1.38. The van der Waals surface area contributed by atoms with Gasteiger partial charge in [0.05, 0.1) is 13.2 Å². The first kappa shape index (κ1) is 22.7. The number of piperidine rings is 1. The van der Waals surface area contributed by atoms with Gasteiger partial charge < -0.3 is 25.0 Å². The number of benzene rings is 1. The second-order valence-corrected chi connectivity index (χ2v) is 9.64. The van der Waals surface area contributed by atoms with E-state index in [1.54, 1.807) is 7.11 Å². The van der Waals surface area contributed by atoms with Crippen molar-refractivity contribution in [3.63, 3.8) is 0 Å². The second-order valence-electron chi connectivity index (χ2n) is 9.64. The van der Waals surface area contributed by atoms with Gasteiger partial charge in [0, 0.05) is 57.0 Å². The van der Waals surface area contributed by atoms with E-state index in [0.717, 1.165) is 57.2 Å². The molecule has 3 atom stereocenters. The molecule has 30 heavy (non-hydrogen) atoms. The van der Waals surface area contributed by atoms with Gasteiger partial charge in [-0.3, -0.25) is 4.99 Å². The number of rotatable bonds is 5. The first-order valence-electron chi connectivity index (χ1n) is 11.4. The number of anilines is 1. The summed E-state index contributed by atoms with van der Waals surface area (Å²) in [7, 11) is 3.58. The summed E-state index contributed by atoms with van der Waals surface area (Å²) >= 11 is 0. The van der Waals surface area contributed by atoms with Crippen molar-refractivity contribution in [3.8, 4) is 5.75 Å². The van der Waals surface area contributed by atoms with Gasteiger partial charge in [-0.05, 0) is 43.2 Å². The molecule has 2 N–H and O–H groups in total. The van der Waals surface area contributed by atoms with Gasteiger partial charge in [0.15, 0.2) is 5.96 Å². The summed E-state index contributed by atoms with van der Waals surface area (Å²) in [5.74, 6) is 2.31. The Hall–Kier alpha value is -1.95. The van der Waals surface area contributed by atoms with Crippen LogP contribution in [0.5, 0.6) is 5.75 Å². The lowest BCUT2D eigenvalue weighted by atomic mass is 9.78. The third kappa shape index (κ3) is 6.03. The number of ether oxygens (including phenoxy) is 2. The first-order chi connectivity index (χ1) is 14.4. The quantitative estimate of drug-likeness (QED) is 0.567. The van der Waals surface area contributed by atoms with E-state index in [9.17, 15) is 0 Å². The SMILES string of the molecule is CN=C(NCC1CCCOC1C(C)(C)C)NC1CCCN(c2cccc(OC)c2)C1. The molecule has 0 bridgehead atoms. The van der Waals surface area contributed by atoms with E-state index < -0.39 is 0 Å². The highest BCUT2D eigenvalue weighted by atomic mass is 16.5. The highest BCUT2D eigenvalue weighted by Crippen LogP contribution is 2.33. The van der Waals surface area contributed by atoms with Crippen LogP contribution in [0.4, 0.5) is 5.69 Å². The number of nitrogens with zero attached hydrogens (tertiary/aromatic N) is 2. The smallest absolute Gasteiger partial charge is 0.191 e. The predicted octanol–water partition coefficient (Wildman–Crippen LogP) is 3.67. The van der Waals surface area contributed by atoms with Crippen molar-refractivity contribution in [2.24, 2.45) is 16.3 Å². The fourth-order valence-corrected chi connectivity index (χ4v) is 4.76. The molecule has 1 aromatic rings. The minimum absolute atomic E-state index is 0.157. The number of aliphatic imine (C=N–C) groups is 1. The molecule has 2 aliphatic heterocycles. The molecule has 2 aliphatic rings. The van der Waals surface area contributed by atoms with Gasteiger partial charge in [0.1, 0.15) is 5.75 Å². The average molecular weight is 417 g/mol. The summed E-state index contributed by atoms with van der Waals surface area (Å²) in [6.07, 6.45) is 4.95. The lowest BCUT2D eigenvalue weighted by Gasteiger charge is -2.40. The van der Waals surface area contributed by atoms with Crippen LogP contribution < -0.4 is 20.3 Å². The maximum Gasteiger partial charge on any atom is 0.191 e. The maximum atomic E-state index is 6.14. The molecule has 0 amide bonds. The van der Waals surface area contributed by atoms with E-state index in [1.807, 2.05) is 13.1 Å². The molecule has 3 unspecified atom stereocenters. The fraction of sp³-hybridized carbons (Fsp3) is 0.708. The van der Waals surface area contributed by atoms with Crippen molar-refractivity contribution < 1.29 is 9.47 Å². The van der Waals surface area contributed by atoms with Crippen molar-refractivity contribution in [3.05, 3.63) is 24.3 Å². The molecule has 6 heteroatoms. The number of hydrogen-bond acceptors (Lipinski definition) is 4. The van der Waals surface area contributed by atoms with E-state index in [1.165, 1.54) is 12.1 Å². The molecular formula is C24H40N4O2. The molecule has 2 fully saturated rings. The van der Waals surface area contributed by atoms with Gasteiger partial charge in [0.2, 0.25) is 0 Å². The number of hydrogen-bond donors (Lipinski definition) is 2. The van der Waals surface area contributed by atoms with Crippen LogP contribution in [0.3, 0.4) is 0 Å². The van der Waals surface area contributed by atoms with Crippen molar-refractivity contribution in [1.82, 2.24) is 10.6 Å². The predicted molar refractivity (Wildman–Crippen MR) is 125 cm³/mol. The molecule has 0 aromatic heterocycles.